The van der Waals surface area contributed by atoms with Crippen LogP contribution in [0.1, 0.15) is 32.9 Å². The summed E-state index contributed by atoms with van der Waals surface area (Å²) in [4.78, 5) is 51.0. The quantitative estimate of drug-likeness (QED) is 0.329. The fourth-order valence-electron chi connectivity index (χ4n) is 4.09. The molecule has 0 saturated carbocycles. The van der Waals surface area contributed by atoms with Crippen molar-refractivity contribution < 1.29 is 23.9 Å². The second-order valence-electron chi connectivity index (χ2n) is 8.09. The topological polar surface area (TPSA) is 97.7 Å². The number of ether oxygens (including phenoxy) is 1. The molecule has 0 unspecified atom stereocenters. The van der Waals surface area contributed by atoms with E-state index in [0.717, 1.165) is 27.5 Å². The third-order valence-corrected chi connectivity index (χ3v) is 6.07. The number of benzene rings is 2. The first-order valence-corrected chi connectivity index (χ1v) is 11.1. The van der Waals surface area contributed by atoms with E-state index in [-0.39, 0.29) is 5.57 Å². The fourth-order valence-corrected chi connectivity index (χ4v) is 4.22. The van der Waals surface area contributed by atoms with Crippen LogP contribution in [0.2, 0.25) is 5.02 Å². The number of carbonyl (C=O) groups excluding carboxylic acids is 4. The number of nitrogens with one attached hydrogen (secondary N) is 1. The number of barbiturate groups is 1. The van der Waals surface area contributed by atoms with Gasteiger partial charge >= 0.3 is 12.0 Å². The van der Waals surface area contributed by atoms with Crippen molar-refractivity contribution in [2.24, 2.45) is 0 Å². The molecule has 1 aliphatic heterocycles. The monoisotopic (exact) mass is 491 g/mol. The molecule has 35 heavy (non-hydrogen) atoms. The first-order chi connectivity index (χ1) is 16.6. The Morgan fingerprint density at radius 1 is 1.00 bits per heavy atom. The number of nitrogens with zero attached hydrogens (tertiary/aromatic N) is 2. The third-order valence-electron chi connectivity index (χ3n) is 5.82. The number of carbonyl (C=O) groups is 4. The third kappa shape index (κ3) is 4.36. The van der Waals surface area contributed by atoms with Gasteiger partial charge in [0.2, 0.25) is 0 Å². The number of urea groups is 1. The minimum atomic E-state index is -0.828. The lowest BCUT2D eigenvalue weighted by molar-refractivity contribution is -0.122. The van der Waals surface area contributed by atoms with E-state index in [9.17, 15) is 19.2 Å². The average Bonchev–Trinajstić information content (AvgIpc) is 3.09. The number of imide groups is 2. The zero-order valence-corrected chi connectivity index (χ0v) is 20.3. The van der Waals surface area contributed by atoms with Gasteiger partial charge in [-0.3, -0.25) is 14.9 Å². The molecule has 1 aliphatic rings. The molecular formula is C26H22ClN3O5. The van der Waals surface area contributed by atoms with Crippen LogP contribution in [0.5, 0.6) is 0 Å². The highest BCUT2D eigenvalue weighted by atomic mass is 35.5. The Labute approximate surface area is 206 Å². The van der Waals surface area contributed by atoms with Gasteiger partial charge in [0.15, 0.2) is 0 Å². The molecule has 8 nitrogen and oxygen atoms in total. The number of halogens is 1. The molecule has 0 bridgehead atoms. The van der Waals surface area contributed by atoms with Crippen molar-refractivity contribution >= 4 is 47.2 Å². The van der Waals surface area contributed by atoms with Crippen molar-refractivity contribution in [3.05, 3.63) is 87.2 Å². The molecule has 1 fully saturated rings. The molecule has 1 aromatic heterocycles. The van der Waals surface area contributed by atoms with Crippen molar-refractivity contribution in [1.82, 2.24) is 9.88 Å². The molecule has 2 heterocycles. The zero-order chi connectivity index (χ0) is 25.4. The molecule has 1 N–H and O–H groups in total. The van der Waals surface area contributed by atoms with E-state index in [1.54, 1.807) is 24.3 Å². The van der Waals surface area contributed by atoms with Gasteiger partial charge in [0.1, 0.15) is 5.57 Å². The summed E-state index contributed by atoms with van der Waals surface area (Å²) in [5, 5.41) is 2.67. The fraction of sp³-hybridized carbons (Fsp3) is 0.154. The molecule has 0 atom stereocenters. The van der Waals surface area contributed by atoms with E-state index in [0.29, 0.717) is 21.8 Å². The van der Waals surface area contributed by atoms with Crippen LogP contribution < -0.4 is 10.2 Å². The van der Waals surface area contributed by atoms with Crippen LogP contribution in [0, 0.1) is 20.8 Å². The van der Waals surface area contributed by atoms with E-state index >= 15 is 0 Å². The van der Waals surface area contributed by atoms with Crippen LogP contribution in [0.4, 0.5) is 10.5 Å². The number of hydrogen-bond donors (Lipinski definition) is 1. The maximum absolute atomic E-state index is 13.2. The highest BCUT2D eigenvalue weighted by molar-refractivity contribution is 6.39. The number of rotatable bonds is 4. The number of esters is 1. The van der Waals surface area contributed by atoms with E-state index in [1.165, 1.54) is 25.3 Å². The minimum Gasteiger partial charge on any atom is -0.465 e. The van der Waals surface area contributed by atoms with Crippen LogP contribution in [0.25, 0.3) is 11.8 Å². The largest absolute Gasteiger partial charge is 0.465 e. The number of aromatic nitrogens is 1. The van der Waals surface area contributed by atoms with Gasteiger partial charge in [-0.1, -0.05) is 11.6 Å². The summed E-state index contributed by atoms with van der Waals surface area (Å²) in [7, 11) is 1.33. The van der Waals surface area contributed by atoms with Gasteiger partial charge in [-0.2, -0.15) is 0 Å². The second kappa shape index (κ2) is 9.23. The first kappa shape index (κ1) is 24.0. The van der Waals surface area contributed by atoms with Crippen molar-refractivity contribution in [3.8, 4) is 5.69 Å². The standard InChI is InChI=1S/C26H22ClN3O5/c1-14-11-17(25(33)35-4)5-10-22(14)29-15(2)12-18(16(29)3)13-21-23(31)28-26(34)30(24(21)32)20-8-6-19(27)7-9-20/h5-13H,1-4H3,(H,28,31,34)/b21-13+. The summed E-state index contributed by atoms with van der Waals surface area (Å²) < 4.78 is 6.76. The Balaban J connectivity index is 1.75. The predicted molar refractivity (Wildman–Crippen MR) is 132 cm³/mol. The second-order valence-corrected chi connectivity index (χ2v) is 8.53. The molecule has 1 saturated heterocycles. The van der Waals surface area contributed by atoms with E-state index < -0.39 is 23.8 Å². The Bertz CT molecular complexity index is 1420. The van der Waals surface area contributed by atoms with E-state index in [1.807, 2.05) is 37.5 Å². The van der Waals surface area contributed by atoms with Crippen molar-refractivity contribution in [2.45, 2.75) is 20.8 Å². The Kier molecular flexibility index (Phi) is 6.32. The van der Waals surface area contributed by atoms with Gasteiger partial charge in [-0.05, 0) is 86.5 Å². The van der Waals surface area contributed by atoms with E-state index in [4.69, 9.17) is 16.3 Å². The van der Waals surface area contributed by atoms with Gasteiger partial charge in [0.25, 0.3) is 11.8 Å². The first-order valence-electron chi connectivity index (χ1n) is 10.7. The van der Waals surface area contributed by atoms with Crippen LogP contribution in [0.15, 0.2) is 54.1 Å². The maximum atomic E-state index is 13.2. The number of amides is 4. The molecule has 9 heteroatoms. The number of methoxy groups -OCH3 is 1. The summed E-state index contributed by atoms with van der Waals surface area (Å²) in [6, 6.07) is 12.4. The van der Waals surface area contributed by atoms with Crippen molar-refractivity contribution in [2.75, 3.05) is 12.0 Å². The lowest BCUT2D eigenvalue weighted by atomic mass is 10.1. The van der Waals surface area contributed by atoms with Gasteiger partial charge in [-0.15, -0.1) is 0 Å². The normalized spacial score (nSPS) is 14.9. The Hall–Kier alpha value is -4.17. The van der Waals surface area contributed by atoms with Crippen molar-refractivity contribution in [3.63, 3.8) is 0 Å². The maximum Gasteiger partial charge on any atom is 0.337 e. The minimum absolute atomic E-state index is 0.169. The summed E-state index contributed by atoms with van der Waals surface area (Å²) in [5.74, 6) is -1.93. The van der Waals surface area contributed by atoms with Crippen LogP contribution in [0.3, 0.4) is 0 Å². The molecule has 0 spiro atoms. The van der Waals surface area contributed by atoms with Gasteiger partial charge in [0.05, 0.1) is 18.4 Å². The number of hydrogen-bond acceptors (Lipinski definition) is 5. The van der Waals surface area contributed by atoms with Gasteiger partial charge in [-0.25, -0.2) is 14.5 Å². The summed E-state index contributed by atoms with van der Waals surface area (Å²) in [6.45, 7) is 5.64. The molecule has 3 aromatic rings. The molecule has 4 rings (SSSR count). The lowest BCUT2D eigenvalue weighted by Crippen LogP contribution is -2.54. The Morgan fingerprint density at radius 2 is 1.69 bits per heavy atom. The molecule has 4 amide bonds. The Morgan fingerprint density at radius 3 is 2.31 bits per heavy atom. The molecule has 0 radical (unpaired) electrons. The van der Waals surface area contributed by atoms with Gasteiger partial charge in [0, 0.05) is 22.1 Å². The lowest BCUT2D eigenvalue weighted by Gasteiger charge is -2.26. The summed E-state index contributed by atoms with van der Waals surface area (Å²) in [5.41, 5.74) is 4.53. The molecule has 0 aliphatic carbocycles. The molecule has 178 valence electrons. The smallest absolute Gasteiger partial charge is 0.337 e. The molecule has 2 aromatic carbocycles. The highest BCUT2D eigenvalue weighted by Crippen LogP contribution is 2.28. The van der Waals surface area contributed by atoms with E-state index in [2.05, 4.69) is 5.32 Å². The zero-order valence-electron chi connectivity index (χ0n) is 19.5. The number of anilines is 1. The summed E-state index contributed by atoms with van der Waals surface area (Å²) >= 11 is 5.92. The highest BCUT2D eigenvalue weighted by Gasteiger charge is 2.37. The predicted octanol–water partition coefficient (Wildman–Crippen LogP) is 4.51. The van der Waals surface area contributed by atoms with Crippen LogP contribution in [-0.4, -0.2) is 35.5 Å². The summed E-state index contributed by atoms with van der Waals surface area (Å²) in [6.07, 6.45) is 1.48. The SMILES string of the molecule is COC(=O)c1ccc(-n2c(C)cc(/C=C3\C(=O)NC(=O)N(c4ccc(Cl)cc4)C3=O)c2C)c(C)c1. The van der Waals surface area contributed by atoms with Crippen molar-refractivity contribution in [1.29, 1.82) is 0 Å². The van der Waals surface area contributed by atoms with Crippen LogP contribution in [-0.2, 0) is 14.3 Å². The average molecular weight is 492 g/mol. The van der Waals surface area contributed by atoms with Crippen LogP contribution >= 0.6 is 11.6 Å². The number of aryl methyl sites for hydroxylation is 2. The van der Waals surface area contributed by atoms with Gasteiger partial charge < -0.3 is 9.30 Å². The molecular weight excluding hydrogens is 470 g/mol.